The van der Waals surface area contributed by atoms with Crippen LogP contribution in [-0.2, 0) is 29.7 Å². The minimum absolute atomic E-state index is 0.0471. The first-order valence-electron chi connectivity index (χ1n) is 18.6. The summed E-state index contributed by atoms with van der Waals surface area (Å²) < 4.78 is 36.2. The molecule has 7 nitrogen and oxygen atoms in total. The number of likely N-dealkylation sites (tertiary alicyclic amines) is 1. The summed E-state index contributed by atoms with van der Waals surface area (Å²) >= 11 is 0. The first-order chi connectivity index (χ1) is 21.9. The average Bonchev–Trinajstić information content (AvgIpc) is 3.47. The molecule has 0 aliphatic carbocycles. The van der Waals surface area contributed by atoms with E-state index in [1.54, 1.807) is 0 Å². The first-order valence-corrected chi connectivity index (χ1v) is 20.1. The summed E-state index contributed by atoms with van der Waals surface area (Å²) in [5.41, 5.74) is 1.04. The molecule has 2 rings (SSSR count). The molecule has 45 heavy (non-hydrogen) atoms. The summed E-state index contributed by atoms with van der Waals surface area (Å²) in [6.45, 7) is 7.38. The summed E-state index contributed by atoms with van der Waals surface area (Å²) in [7, 11) is -1.85. The number of hydrogen-bond donors (Lipinski definition) is 1. The number of nitrogens with zero attached hydrogens (tertiary/aromatic N) is 1. The van der Waals surface area contributed by atoms with Crippen LogP contribution in [0.25, 0.3) is 0 Å². The molecule has 0 bridgehead atoms. The molecule has 0 aromatic heterocycles. The zero-order chi connectivity index (χ0) is 32.3. The van der Waals surface area contributed by atoms with E-state index >= 15 is 0 Å². The Hall–Kier alpha value is -0.790. The Kier molecular flexibility index (Phi) is 23.5. The lowest BCUT2D eigenvalue weighted by Crippen LogP contribution is -2.41. The minimum Gasteiger partial charge on any atom is -0.379 e. The minimum atomic E-state index is -4.14. The Balaban J connectivity index is 1.51. The van der Waals surface area contributed by atoms with E-state index in [1.807, 2.05) is 30.3 Å². The lowest BCUT2D eigenvalue weighted by atomic mass is 10.0. The molecule has 1 saturated heterocycles. The van der Waals surface area contributed by atoms with Crippen molar-refractivity contribution in [2.45, 2.75) is 148 Å². The number of quaternary nitrogens is 1. The molecule has 8 heteroatoms. The van der Waals surface area contributed by atoms with Gasteiger partial charge in [0, 0.05) is 19.4 Å². The molecule has 0 saturated carbocycles. The van der Waals surface area contributed by atoms with Crippen LogP contribution in [-0.4, -0.2) is 68.6 Å². The van der Waals surface area contributed by atoms with Gasteiger partial charge in [0.15, 0.2) is 0 Å². The van der Waals surface area contributed by atoms with Crippen LogP contribution in [0.5, 0.6) is 0 Å². The molecule has 0 radical (unpaired) electrons. The summed E-state index contributed by atoms with van der Waals surface area (Å²) in [6.07, 6.45) is 25.4. The molecule has 2 atom stereocenters. The van der Waals surface area contributed by atoms with E-state index in [1.165, 1.54) is 122 Å². The van der Waals surface area contributed by atoms with Gasteiger partial charge < -0.3 is 18.9 Å². The van der Waals surface area contributed by atoms with Gasteiger partial charge in [-0.2, -0.15) is 0 Å². The van der Waals surface area contributed by atoms with Crippen LogP contribution in [0.15, 0.2) is 30.3 Å². The van der Waals surface area contributed by atoms with Crippen molar-refractivity contribution in [3.05, 3.63) is 35.9 Å². The van der Waals surface area contributed by atoms with Gasteiger partial charge in [-0.25, -0.2) is 4.57 Å². The number of unbranched alkanes of at least 4 members (excludes halogenated alkanes) is 16. The van der Waals surface area contributed by atoms with Gasteiger partial charge in [-0.3, -0.25) is 9.05 Å². The monoisotopic (exact) mass is 654 g/mol. The number of hydrogen-bond acceptors (Lipinski definition) is 5. The van der Waals surface area contributed by atoms with E-state index in [0.29, 0.717) is 19.8 Å². The fourth-order valence-corrected chi connectivity index (χ4v) is 7.00. The van der Waals surface area contributed by atoms with E-state index in [4.69, 9.17) is 18.5 Å². The highest BCUT2D eigenvalue weighted by Crippen LogP contribution is 2.43. The Bertz CT molecular complexity index is 851. The Morgan fingerprint density at radius 2 is 1.24 bits per heavy atom. The Morgan fingerprint density at radius 3 is 1.82 bits per heavy atom. The van der Waals surface area contributed by atoms with E-state index in [2.05, 4.69) is 14.0 Å². The predicted molar refractivity (Wildman–Crippen MR) is 186 cm³/mol. The molecular weight excluding hydrogens is 585 g/mol. The van der Waals surface area contributed by atoms with Crippen molar-refractivity contribution in [3.8, 4) is 0 Å². The third-order valence-electron chi connectivity index (χ3n) is 9.19. The molecule has 1 heterocycles. The van der Waals surface area contributed by atoms with Crippen molar-refractivity contribution >= 4 is 7.82 Å². The first kappa shape index (κ1) is 40.4. The third kappa shape index (κ3) is 22.4. The molecule has 2 unspecified atom stereocenters. The van der Waals surface area contributed by atoms with Crippen LogP contribution in [0, 0.1) is 0 Å². The SMILES string of the molecule is CCCCCCCCCCCCCCCCCCOCC(COP(=O)(O)OCCCC[N+]1(C)CCCC1)OCc1ccccc1. The fraction of sp³-hybridized carbons (Fsp3) is 0.838. The molecule has 1 N–H and O–H groups in total. The average molecular weight is 655 g/mol. The Morgan fingerprint density at radius 1 is 0.711 bits per heavy atom. The third-order valence-corrected chi connectivity index (χ3v) is 10.2. The Labute approximate surface area is 277 Å². The lowest BCUT2D eigenvalue weighted by molar-refractivity contribution is -0.897. The highest BCUT2D eigenvalue weighted by atomic mass is 31.2. The quantitative estimate of drug-likeness (QED) is 0.0488. The van der Waals surface area contributed by atoms with Gasteiger partial charge in [0.2, 0.25) is 0 Å². The molecule has 0 spiro atoms. The van der Waals surface area contributed by atoms with Gasteiger partial charge in [-0.15, -0.1) is 0 Å². The summed E-state index contributed by atoms with van der Waals surface area (Å²) in [5.74, 6) is 0. The standard InChI is InChI=1S/C37H68NO6P/c1-3-4-5-6-7-8-9-10-11-12-13-14-15-16-17-24-31-41-34-37(42-33-36-26-19-18-20-27-36)35-44-45(39,40)43-32-25-23-30-38(2)28-21-22-29-38/h18-20,26-27,37H,3-17,21-25,28-35H2,1-2H3/p+1. The summed E-state index contributed by atoms with van der Waals surface area (Å²) in [5, 5.41) is 0. The van der Waals surface area contributed by atoms with Gasteiger partial charge in [-0.05, 0) is 24.8 Å². The lowest BCUT2D eigenvalue weighted by Gasteiger charge is -2.29. The summed E-state index contributed by atoms with van der Waals surface area (Å²) in [6, 6.07) is 9.91. The normalized spacial score (nSPS) is 16.6. The van der Waals surface area contributed by atoms with Gasteiger partial charge in [0.25, 0.3) is 0 Å². The van der Waals surface area contributed by atoms with Crippen molar-refractivity contribution in [1.29, 1.82) is 0 Å². The second-order valence-corrected chi connectivity index (χ2v) is 15.1. The number of benzene rings is 1. The van der Waals surface area contributed by atoms with Crippen LogP contribution in [0.3, 0.4) is 0 Å². The molecule has 0 amide bonds. The second kappa shape index (κ2) is 26.2. The maximum Gasteiger partial charge on any atom is 0.472 e. The molecular formula is C37H69NO6P+. The smallest absolute Gasteiger partial charge is 0.379 e. The zero-order valence-electron chi connectivity index (χ0n) is 29.1. The molecule has 1 aliphatic heterocycles. The summed E-state index contributed by atoms with van der Waals surface area (Å²) in [4.78, 5) is 10.2. The van der Waals surface area contributed by atoms with Crippen molar-refractivity contribution in [3.63, 3.8) is 0 Å². The van der Waals surface area contributed by atoms with Crippen LogP contribution in [0.2, 0.25) is 0 Å². The van der Waals surface area contributed by atoms with Gasteiger partial charge in [0.05, 0.1) is 53.1 Å². The maximum absolute atomic E-state index is 12.5. The highest BCUT2D eigenvalue weighted by Gasteiger charge is 2.27. The van der Waals surface area contributed by atoms with Gasteiger partial charge >= 0.3 is 7.82 Å². The van der Waals surface area contributed by atoms with E-state index in [-0.39, 0.29) is 13.2 Å². The van der Waals surface area contributed by atoms with Gasteiger partial charge in [-0.1, -0.05) is 134 Å². The number of phosphoric ester groups is 1. The number of ether oxygens (including phenoxy) is 2. The molecule has 1 fully saturated rings. The van der Waals surface area contributed by atoms with Crippen molar-refractivity contribution in [2.24, 2.45) is 0 Å². The zero-order valence-corrected chi connectivity index (χ0v) is 30.0. The molecule has 1 aromatic carbocycles. The molecule has 1 aromatic rings. The van der Waals surface area contributed by atoms with E-state index in [9.17, 15) is 9.46 Å². The largest absolute Gasteiger partial charge is 0.472 e. The highest BCUT2D eigenvalue weighted by molar-refractivity contribution is 7.47. The van der Waals surface area contributed by atoms with Crippen LogP contribution in [0.1, 0.15) is 141 Å². The van der Waals surface area contributed by atoms with Crippen molar-refractivity contribution in [2.75, 3.05) is 53.1 Å². The molecule has 262 valence electrons. The van der Waals surface area contributed by atoms with Crippen molar-refractivity contribution < 1.29 is 32.5 Å². The van der Waals surface area contributed by atoms with Crippen molar-refractivity contribution in [1.82, 2.24) is 0 Å². The van der Waals surface area contributed by atoms with Gasteiger partial charge in [0.1, 0.15) is 6.10 Å². The van der Waals surface area contributed by atoms with Crippen LogP contribution >= 0.6 is 7.82 Å². The fourth-order valence-electron chi connectivity index (χ4n) is 6.21. The van der Waals surface area contributed by atoms with Crippen LogP contribution in [0.4, 0.5) is 0 Å². The second-order valence-electron chi connectivity index (χ2n) is 13.6. The number of phosphoric acid groups is 1. The van der Waals surface area contributed by atoms with Crippen LogP contribution < -0.4 is 0 Å². The maximum atomic E-state index is 12.5. The molecule has 1 aliphatic rings. The van der Waals surface area contributed by atoms with E-state index < -0.39 is 13.9 Å². The predicted octanol–water partition coefficient (Wildman–Crippen LogP) is 10.0. The number of rotatable bonds is 31. The topological polar surface area (TPSA) is 74.2 Å². The van der Waals surface area contributed by atoms with E-state index in [0.717, 1.165) is 35.9 Å².